The summed E-state index contributed by atoms with van der Waals surface area (Å²) in [5, 5.41) is 9.99. The Morgan fingerprint density at radius 3 is 2.33 bits per heavy atom. The van der Waals surface area contributed by atoms with Crippen molar-refractivity contribution in [2.45, 2.75) is 32.7 Å². The molecule has 1 atom stereocenters. The Morgan fingerprint density at radius 1 is 1.22 bits per heavy atom. The number of aliphatic hydroxyl groups is 1. The SMILES string of the molecule is COc1c(C)cnc(CC(O)C(OC)OC)c1C. The van der Waals surface area contributed by atoms with Gasteiger partial charge in [0, 0.05) is 43.7 Å². The van der Waals surface area contributed by atoms with E-state index in [1.807, 2.05) is 13.8 Å². The summed E-state index contributed by atoms with van der Waals surface area (Å²) in [5.74, 6) is 0.804. The predicted octanol–water partition coefficient (Wildman–Crippen LogP) is 1.23. The standard InChI is InChI=1S/C13H21NO4/c1-8-7-14-10(9(2)12(8)16-3)6-11(15)13(17-4)18-5/h7,11,13,15H,6H2,1-5H3. The minimum absolute atomic E-state index is 0.356. The van der Waals surface area contributed by atoms with Gasteiger partial charge in [-0.25, -0.2) is 0 Å². The van der Waals surface area contributed by atoms with E-state index >= 15 is 0 Å². The van der Waals surface area contributed by atoms with E-state index in [9.17, 15) is 5.11 Å². The Balaban J connectivity index is 2.91. The largest absolute Gasteiger partial charge is 0.496 e. The average molecular weight is 255 g/mol. The average Bonchev–Trinajstić information content (AvgIpc) is 2.35. The van der Waals surface area contributed by atoms with Crippen molar-refractivity contribution in [1.29, 1.82) is 0 Å². The summed E-state index contributed by atoms with van der Waals surface area (Å²) in [7, 11) is 4.61. The van der Waals surface area contributed by atoms with Crippen LogP contribution in [0.4, 0.5) is 0 Å². The van der Waals surface area contributed by atoms with Crippen LogP contribution in [0.15, 0.2) is 6.20 Å². The van der Waals surface area contributed by atoms with Crippen molar-refractivity contribution in [3.63, 3.8) is 0 Å². The number of aryl methyl sites for hydroxylation is 1. The number of pyridine rings is 1. The van der Waals surface area contributed by atoms with Gasteiger partial charge in [0.1, 0.15) is 11.9 Å². The first kappa shape index (κ1) is 14.9. The van der Waals surface area contributed by atoms with Gasteiger partial charge in [-0.15, -0.1) is 0 Å². The molecule has 0 aromatic carbocycles. The molecule has 0 fully saturated rings. The van der Waals surface area contributed by atoms with Crippen molar-refractivity contribution in [1.82, 2.24) is 4.98 Å². The van der Waals surface area contributed by atoms with Gasteiger partial charge in [0.25, 0.3) is 0 Å². The first-order chi connectivity index (χ1) is 8.54. The Kier molecular flexibility index (Phi) is 5.53. The third kappa shape index (κ3) is 3.19. The second kappa shape index (κ2) is 6.68. The van der Waals surface area contributed by atoms with Gasteiger partial charge < -0.3 is 19.3 Å². The van der Waals surface area contributed by atoms with Gasteiger partial charge in [-0.3, -0.25) is 4.98 Å². The molecule has 0 spiro atoms. The molecule has 0 amide bonds. The van der Waals surface area contributed by atoms with Gasteiger partial charge in [-0.1, -0.05) is 0 Å². The molecule has 1 heterocycles. The molecule has 5 heteroatoms. The third-order valence-electron chi connectivity index (χ3n) is 2.93. The summed E-state index contributed by atoms with van der Waals surface area (Å²) in [6, 6.07) is 0. The highest BCUT2D eigenvalue weighted by Gasteiger charge is 2.21. The van der Waals surface area contributed by atoms with Crippen LogP contribution in [-0.2, 0) is 15.9 Å². The molecule has 1 aromatic rings. The van der Waals surface area contributed by atoms with Gasteiger partial charge in [0.05, 0.1) is 7.11 Å². The highest BCUT2D eigenvalue weighted by atomic mass is 16.7. The third-order valence-corrected chi connectivity index (χ3v) is 2.93. The smallest absolute Gasteiger partial charge is 0.183 e. The fraction of sp³-hybridized carbons (Fsp3) is 0.615. The number of aliphatic hydroxyl groups excluding tert-OH is 1. The lowest BCUT2D eigenvalue weighted by molar-refractivity contribution is -0.163. The topological polar surface area (TPSA) is 60.8 Å². The van der Waals surface area contributed by atoms with Gasteiger partial charge in [-0.2, -0.15) is 0 Å². The summed E-state index contributed by atoms with van der Waals surface area (Å²) in [6.45, 7) is 3.86. The highest BCUT2D eigenvalue weighted by molar-refractivity contribution is 5.41. The van der Waals surface area contributed by atoms with Crippen LogP contribution in [0, 0.1) is 13.8 Å². The normalized spacial score (nSPS) is 12.8. The molecule has 1 aromatic heterocycles. The van der Waals surface area contributed by atoms with E-state index < -0.39 is 12.4 Å². The van der Waals surface area contributed by atoms with Crippen molar-refractivity contribution in [2.75, 3.05) is 21.3 Å². The molecule has 1 rings (SSSR count). The van der Waals surface area contributed by atoms with E-state index in [4.69, 9.17) is 14.2 Å². The first-order valence-electron chi connectivity index (χ1n) is 5.77. The molecule has 1 unspecified atom stereocenters. The van der Waals surface area contributed by atoms with Gasteiger partial charge in [-0.05, 0) is 13.8 Å². The van der Waals surface area contributed by atoms with Gasteiger partial charge in [0.15, 0.2) is 6.29 Å². The molecule has 0 bridgehead atoms. The molecule has 0 saturated carbocycles. The number of rotatable bonds is 6. The van der Waals surface area contributed by atoms with Crippen molar-refractivity contribution in [3.05, 3.63) is 23.0 Å². The number of hydrogen-bond donors (Lipinski definition) is 1. The van der Waals surface area contributed by atoms with E-state index in [-0.39, 0.29) is 0 Å². The molecular formula is C13H21NO4. The molecule has 0 radical (unpaired) electrons. The number of methoxy groups -OCH3 is 3. The van der Waals surface area contributed by atoms with Crippen LogP contribution in [0.3, 0.4) is 0 Å². The molecule has 5 nitrogen and oxygen atoms in total. The van der Waals surface area contributed by atoms with Crippen LogP contribution in [0.2, 0.25) is 0 Å². The number of nitrogens with zero attached hydrogens (tertiary/aromatic N) is 1. The molecule has 0 aliphatic rings. The second-order valence-electron chi connectivity index (χ2n) is 4.16. The lowest BCUT2D eigenvalue weighted by atomic mass is 10.1. The van der Waals surface area contributed by atoms with E-state index in [2.05, 4.69) is 4.98 Å². The van der Waals surface area contributed by atoms with E-state index in [1.165, 1.54) is 14.2 Å². The number of aromatic nitrogens is 1. The number of ether oxygens (including phenoxy) is 3. The summed E-state index contributed by atoms with van der Waals surface area (Å²) >= 11 is 0. The maximum absolute atomic E-state index is 9.99. The minimum Gasteiger partial charge on any atom is -0.496 e. The van der Waals surface area contributed by atoms with Crippen LogP contribution in [0.5, 0.6) is 5.75 Å². The summed E-state index contributed by atoms with van der Waals surface area (Å²) in [5.41, 5.74) is 2.69. The van der Waals surface area contributed by atoms with Crippen LogP contribution in [0.25, 0.3) is 0 Å². The number of hydrogen-bond acceptors (Lipinski definition) is 5. The maximum Gasteiger partial charge on any atom is 0.183 e. The van der Waals surface area contributed by atoms with E-state index in [0.717, 1.165) is 22.6 Å². The van der Waals surface area contributed by atoms with Gasteiger partial charge in [0.2, 0.25) is 0 Å². The van der Waals surface area contributed by atoms with Crippen LogP contribution >= 0.6 is 0 Å². The zero-order valence-electron chi connectivity index (χ0n) is 11.6. The zero-order chi connectivity index (χ0) is 13.7. The van der Waals surface area contributed by atoms with Crippen molar-refractivity contribution >= 4 is 0 Å². The van der Waals surface area contributed by atoms with Crippen LogP contribution < -0.4 is 4.74 Å². The second-order valence-corrected chi connectivity index (χ2v) is 4.16. The van der Waals surface area contributed by atoms with Crippen molar-refractivity contribution in [2.24, 2.45) is 0 Å². The molecule has 1 N–H and O–H groups in total. The fourth-order valence-electron chi connectivity index (χ4n) is 1.98. The van der Waals surface area contributed by atoms with E-state index in [0.29, 0.717) is 6.42 Å². The molecule has 18 heavy (non-hydrogen) atoms. The fourth-order valence-corrected chi connectivity index (χ4v) is 1.98. The monoisotopic (exact) mass is 255 g/mol. The van der Waals surface area contributed by atoms with Gasteiger partial charge >= 0.3 is 0 Å². The molecule has 0 saturated heterocycles. The molecular weight excluding hydrogens is 234 g/mol. The van der Waals surface area contributed by atoms with Crippen LogP contribution in [0.1, 0.15) is 16.8 Å². The predicted molar refractivity (Wildman–Crippen MR) is 67.8 cm³/mol. The molecule has 0 aliphatic heterocycles. The molecule has 0 aliphatic carbocycles. The Morgan fingerprint density at radius 2 is 1.83 bits per heavy atom. The lowest BCUT2D eigenvalue weighted by Crippen LogP contribution is -2.32. The first-order valence-corrected chi connectivity index (χ1v) is 5.77. The van der Waals surface area contributed by atoms with E-state index in [1.54, 1.807) is 13.3 Å². The summed E-state index contributed by atoms with van der Waals surface area (Å²) < 4.78 is 15.4. The Bertz CT molecular complexity index is 391. The quantitative estimate of drug-likeness (QED) is 0.775. The Hall–Kier alpha value is -1.17. The Labute approximate surface area is 108 Å². The highest BCUT2D eigenvalue weighted by Crippen LogP contribution is 2.25. The van der Waals surface area contributed by atoms with Crippen LogP contribution in [-0.4, -0.2) is 43.8 Å². The van der Waals surface area contributed by atoms with Crippen molar-refractivity contribution in [3.8, 4) is 5.75 Å². The lowest BCUT2D eigenvalue weighted by Gasteiger charge is -2.21. The minimum atomic E-state index is -0.765. The maximum atomic E-state index is 9.99. The molecule has 102 valence electrons. The zero-order valence-corrected chi connectivity index (χ0v) is 11.6. The van der Waals surface area contributed by atoms with Crippen molar-refractivity contribution < 1.29 is 19.3 Å². The summed E-state index contributed by atoms with van der Waals surface area (Å²) in [4.78, 5) is 4.33. The summed E-state index contributed by atoms with van der Waals surface area (Å²) in [6.07, 6.45) is 0.675.